The lowest BCUT2D eigenvalue weighted by atomic mass is 9.91. The fourth-order valence-corrected chi connectivity index (χ4v) is 3.65. The van der Waals surface area contributed by atoms with Crippen LogP contribution >= 0.6 is 0 Å². The molecule has 3 heteroatoms. The summed E-state index contributed by atoms with van der Waals surface area (Å²) in [6, 6.07) is 8.44. The van der Waals surface area contributed by atoms with Crippen molar-refractivity contribution in [3.05, 3.63) is 47.8 Å². The Kier molecular flexibility index (Phi) is 2.71. The molecule has 0 amide bonds. The normalized spacial score (nSPS) is 27.4. The van der Waals surface area contributed by atoms with Crippen LogP contribution in [0.15, 0.2) is 36.4 Å². The number of aryl methyl sites for hydroxylation is 1. The molecule has 0 radical (unpaired) electrons. The number of imidazole rings is 1. The van der Waals surface area contributed by atoms with Crippen molar-refractivity contribution in [2.24, 2.45) is 17.8 Å². The Labute approximate surface area is 124 Å². The Morgan fingerprint density at radius 3 is 3.00 bits per heavy atom. The van der Waals surface area contributed by atoms with Crippen LogP contribution in [0.1, 0.15) is 24.2 Å². The lowest BCUT2D eigenvalue weighted by Gasteiger charge is -2.13. The van der Waals surface area contributed by atoms with E-state index >= 15 is 0 Å². The summed E-state index contributed by atoms with van der Waals surface area (Å²) in [5.41, 5.74) is 3.79. The number of nitrogens with one attached hydrogen (secondary N) is 1. The van der Waals surface area contributed by atoms with Crippen LogP contribution < -0.4 is 0 Å². The molecule has 0 aliphatic heterocycles. The van der Waals surface area contributed by atoms with Crippen LogP contribution in [0.5, 0.6) is 0 Å². The van der Waals surface area contributed by atoms with E-state index in [-0.39, 0.29) is 0 Å². The van der Waals surface area contributed by atoms with Gasteiger partial charge < -0.3 is 4.98 Å². The third-order valence-electron chi connectivity index (χ3n) is 4.72. The van der Waals surface area contributed by atoms with E-state index in [4.69, 9.17) is 0 Å². The standard InChI is InChI=1S/C18H17N3/c1-11-2-5-16-17(6-11)21-18(20-16)15(10-19)9-14-8-12-3-4-13(14)7-12/h2-6,9,12-14H,7-8H2,1H3,(H,20,21)/b15-9+/t12-,13+,14+/m0/s1. The van der Waals surface area contributed by atoms with Crippen LogP contribution in [0.4, 0.5) is 0 Å². The molecule has 0 unspecified atom stereocenters. The first-order chi connectivity index (χ1) is 10.2. The van der Waals surface area contributed by atoms with Gasteiger partial charge in [-0.25, -0.2) is 4.98 Å². The molecular formula is C18H17N3. The summed E-state index contributed by atoms with van der Waals surface area (Å²) in [4.78, 5) is 7.85. The van der Waals surface area contributed by atoms with Gasteiger partial charge in [0, 0.05) is 0 Å². The zero-order chi connectivity index (χ0) is 14.4. The number of hydrogen-bond acceptors (Lipinski definition) is 2. The van der Waals surface area contributed by atoms with E-state index in [9.17, 15) is 5.26 Å². The van der Waals surface area contributed by atoms with Gasteiger partial charge in [-0.15, -0.1) is 0 Å². The molecule has 3 nitrogen and oxygen atoms in total. The van der Waals surface area contributed by atoms with E-state index in [1.165, 1.54) is 18.4 Å². The molecule has 1 N–H and O–H groups in total. The van der Waals surface area contributed by atoms with Crippen LogP contribution in [-0.4, -0.2) is 9.97 Å². The highest BCUT2D eigenvalue weighted by molar-refractivity contribution is 5.82. The molecule has 2 aliphatic carbocycles. The molecule has 4 rings (SSSR count). The van der Waals surface area contributed by atoms with E-state index in [0.29, 0.717) is 23.2 Å². The minimum atomic E-state index is 0.490. The van der Waals surface area contributed by atoms with Gasteiger partial charge >= 0.3 is 0 Å². The van der Waals surface area contributed by atoms with Gasteiger partial charge in [-0.3, -0.25) is 0 Å². The fraction of sp³-hybridized carbons (Fsp3) is 0.333. The first-order valence-corrected chi connectivity index (χ1v) is 7.50. The van der Waals surface area contributed by atoms with Crippen molar-refractivity contribution in [3.63, 3.8) is 0 Å². The van der Waals surface area contributed by atoms with E-state index < -0.39 is 0 Å². The van der Waals surface area contributed by atoms with Gasteiger partial charge in [-0.05, 0) is 55.2 Å². The number of rotatable bonds is 2. The maximum absolute atomic E-state index is 9.49. The van der Waals surface area contributed by atoms with Crippen molar-refractivity contribution >= 4 is 16.6 Å². The molecule has 1 fully saturated rings. The highest BCUT2D eigenvalue weighted by atomic mass is 14.9. The molecule has 21 heavy (non-hydrogen) atoms. The molecule has 2 aromatic rings. The fourth-order valence-electron chi connectivity index (χ4n) is 3.65. The predicted octanol–water partition coefficient (Wildman–Crippen LogP) is 3.99. The number of fused-ring (bicyclic) bond motifs is 3. The summed E-state index contributed by atoms with van der Waals surface area (Å²) in [6.45, 7) is 2.06. The van der Waals surface area contributed by atoms with Crippen LogP contribution in [0.2, 0.25) is 0 Å². The minimum Gasteiger partial charge on any atom is -0.337 e. The average molecular weight is 275 g/mol. The van der Waals surface area contributed by atoms with E-state index in [1.807, 2.05) is 12.1 Å². The second kappa shape index (κ2) is 4.60. The lowest BCUT2D eigenvalue weighted by Crippen LogP contribution is -2.04. The van der Waals surface area contributed by atoms with Crippen LogP contribution in [0.25, 0.3) is 16.6 Å². The molecule has 3 atom stereocenters. The van der Waals surface area contributed by atoms with Gasteiger partial charge in [0.2, 0.25) is 0 Å². The van der Waals surface area contributed by atoms with Crippen molar-refractivity contribution < 1.29 is 0 Å². The molecular weight excluding hydrogens is 258 g/mol. The maximum atomic E-state index is 9.49. The predicted molar refractivity (Wildman–Crippen MR) is 83.3 cm³/mol. The maximum Gasteiger partial charge on any atom is 0.148 e. The lowest BCUT2D eigenvalue weighted by molar-refractivity contribution is 0.551. The Balaban J connectivity index is 1.71. The number of H-pyrrole nitrogens is 1. The van der Waals surface area contributed by atoms with Crippen molar-refractivity contribution in [1.29, 1.82) is 5.26 Å². The molecule has 1 heterocycles. The van der Waals surface area contributed by atoms with E-state index in [1.54, 1.807) is 0 Å². The first-order valence-electron chi connectivity index (χ1n) is 7.50. The zero-order valence-corrected chi connectivity index (χ0v) is 12.0. The van der Waals surface area contributed by atoms with Gasteiger partial charge in [0.1, 0.15) is 11.9 Å². The number of hydrogen-bond donors (Lipinski definition) is 1. The van der Waals surface area contributed by atoms with Gasteiger partial charge in [-0.2, -0.15) is 5.26 Å². The van der Waals surface area contributed by atoms with Gasteiger partial charge in [0.15, 0.2) is 0 Å². The molecule has 1 aromatic heterocycles. The largest absolute Gasteiger partial charge is 0.337 e. The molecule has 0 spiro atoms. The van der Waals surface area contributed by atoms with Crippen molar-refractivity contribution in [2.75, 3.05) is 0 Å². The van der Waals surface area contributed by atoms with Gasteiger partial charge in [-0.1, -0.05) is 24.3 Å². The monoisotopic (exact) mass is 275 g/mol. The Bertz CT molecular complexity index is 803. The molecule has 0 saturated heterocycles. The number of benzene rings is 1. The molecule has 104 valence electrons. The second-order valence-corrected chi connectivity index (χ2v) is 6.24. The highest BCUT2D eigenvalue weighted by Gasteiger charge is 2.34. The Morgan fingerprint density at radius 2 is 2.29 bits per heavy atom. The summed E-state index contributed by atoms with van der Waals surface area (Å²) in [5.74, 6) is 2.52. The van der Waals surface area contributed by atoms with Crippen LogP contribution in [0, 0.1) is 36.0 Å². The SMILES string of the molecule is Cc1ccc2nc(/C(C#N)=C/[C@H]3C[C@H]4C=C[C@@H]3C4)[nH]c2c1. The average Bonchev–Trinajstić information content (AvgIpc) is 3.18. The summed E-state index contributed by atoms with van der Waals surface area (Å²) < 4.78 is 0. The highest BCUT2D eigenvalue weighted by Crippen LogP contribution is 2.44. The summed E-state index contributed by atoms with van der Waals surface area (Å²) in [5, 5.41) is 9.49. The Hall–Kier alpha value is -2.34. The number of aromatic amines is 1. The smallest absolute Gasteiger partial charge is 0.148 e. The Morgan fingerprint density at radius 1 is 1.38 bits per heavy atom. The van der Waals surface area contributed by atoms with Gasteiger partial charge in [0.25, 0.3) is 0 Å². The molecule has 1 saturated carbocycles. The number of nitriles is 1. The quantitative estimate of drug-likeness (QED) is 0.665. The summed E-state index contributed by atoms with van der Waals surface area (Å²) >= 11 is 0. The topological polar surface area (TPSA) is 52.5 Å². The molecule has 2 aliphatic rings. The zero-order valence-electron chi connectivity index (χ0n) is 12.0. The summed E-state index contributed by atoms with van der Waals surface area (Å²) in [7, 11) is 0. The van der Waals surface area contributed by atoms with Crippen LogP contribution in [-0.2, 0) is 0 Å². The van der Waals surface area contributed by atoms with Gasteiger partial charge in [0.05, 0.1) is 16.6 Å². The second-order valence-electron chi connectivity index (χ2n) is 6.24. The number of allylic oxidation sites excluding steroid dienone is 4. The van der Waals surface area contributed by atoms with Crippen molar-refractivity contribution in [1.82, 2.24) is 9.97 Å². The third-order valence-corrected chi connectivity index (χ3v) is 4.72. The number of aromatic nitrogens is 2. The molecule has 2 bridgehead atoms. The first kappa shape index (κ1) is 12.4. The third kappa shape index (κ3) is 2.08. The molecule has 1 aromatic carbocycles. The van der Waals surface area contributed by atoms with E-state index in [0.717, 1.165) is 17.0 Å². The minimum absolute atomic E-state index is 0.490. The summed E-state index contributed by atoms with van der Waals surface area (Å²) in [6.07, 6.45) is 9.18. The number of nitrogens with zero attached hydrogens (tertiary/aromatic N) is 2. The van der Waals surface area contributed by atoms with Crippen molar-refractivity contribution in [2.45, 2.75) is 19.8 Å². The van der Waals surface area contributed by atoms with Crippen molar-refractivity contribution in [3.8, 4) is 6.07 Å². The van der Waals surface area contributed by atoms with E-state index in [2.05, 4.69) is 47.3 Å². The van der Waals surface area contributed by atoms with Crippen LogP contribution in [0.3, 0.4) is 0 Å².